The van der Waals surface area contributed by atoms with Crippen molar-refractivity contribution in [3.05, 3.63) is 35.9 Å². The van der Waals surface area contributed by atoms with Crippen LogP contribution in [0.1, 0.15) is 39.7 Å². The molecule has 0 aliphatic carbocycles. The topological polar surface area (TPSA) is 64.6 Å². The summed E-state index contributed by atoms with van der Waals surface area (Å²) in [4.78, 5) is 23.3. The molecular weight excluding hydrogens is 282 g/mol. The van der Waals surface area contributed by atoms with Gasteiger partial charge in [0.1, 0.15) is 12.2 Å². The van der Waals surface area contributed by atoms with Gasteiger partial charge in [-0.3, -0.25) is 9.59 Å². The van der Waals surface area contributed by atoms with Crippen LogP contribution in [0, 0.1) is 0 Å². The van der Waals surface area contributed by atoms with Gasteiger partial charge in [-0.05, 0) is 33.3 Å². The smallest absolute Gasteiger partial charge is 0.320 e. The van der Waals surface area contributed by atoms with Gasteiger partial charge in [0.2, 0.25) is 0 Å². The predicted molar refractivity (Wildman–Crippen MR) is 84.2 cm³/mol. The van der Waals surface area contributed by atoms with Crippen molar-refractivity contribution >= 4 is 11.9 Å². The molecule has 1 rings (SSSR count). The van der Waals surface area contributed by atoms with Gasteiger partial charge < -0.3 is 14.8 Å². The zero-order valence-corrected chi connectivity index (χ0v) is 13.7. The SMILES string of the molecule is CC(CC(=O)OC(C)(C)C)NCC(=O)OCc1ccccc1. The minimum atomic E-state index is -0.495. The summed E-state index contributed by atoms with van der Waals surface area (Å²) in [5.74, 6) is -0.634. The third-order valence-electron chi connectivity index (χ3n) is 2.73. The highest BCUT2D eigenvalue weighted by Gasteiger charge is 2.18. The van der Waals surface area contributed by atoms with E-state index in [1.807, 2.05) is 58.0 Å². The van der Waals surface area contributed by atoms with Crippen LogP contribution in [-0.4, -0.2) is 30.1 Å². The van der Waals surface area contributed by atoms with Crippen LogP contribution < -0.4 is 5.32 Å². The molecule has 22 heavy (non-hydrogen) atoms. The molecule has 0 saturated carbocycles. The number of ether oxygens (including phenoxy) is 2. The molecule has 5 nitrogen and oxygen atoms in total. The molecule has 0 fully saturated rings. The Labute approximate surface area is 132 Å². The van der Waals surface area contributed by atoms with Crippen LogP contribution >= 0.6 is 0 Å². The first-order valence-corrected chi connectivity index (χ1v) is 7.41. The lowest BCUT2D eigenvalue weighted by atomic mass is 10.2. The molecule has 0 heterocycles. The van der Waals surface area contributed by atoms with Crippen molar-refractivity contribution < 1.29 is 19.1 Å². The van der Waals surface area contributed by atoms with Gasteiger partial charge in [0, 0.05) is 6.04 Å². The highest BCUT2D eigenvalue weighted by atomic mass is 16.6. The number of carbonyl (C=O) groups excluding carboxylic acids is 2. The molecule has 122 valence electrons. The Morgan fingerprint density at radius 1 is 1.14 bits per heavy atom. The van der Waals surface area contributed by atoms with Crippen molar-refractivity contribution in [1.82, 2.24) is 5.32 Å². The van der Waals surface area contributed by atoms with Gasteiger partial charge in [-0.15, -0.1) is 0 Å². The van der Waals surface area contributed by atoms with Crippen LogP contribution in [0.3, 0.4) is 0 Å². The Kier molecular flexibility index (Phi) is 7.05. The maximum Gasteiger partial charge on any atom is 0.320 e. The van der Waals surface area contributed by atoms with E-state index in [1.165, 1.54) is 0 Å². The molecular formula is C17H25NO4. The number of hydrogen-bond acceptors (Lipinski definition) is 5. The van der Waals surface area contributed by atoms with Gasteiger partial charge >= 0.3 is 11.9 Å². The maximum atomic E-state index is 11.6. The summed E-state index contributed by atoms with van der Waals surface area (Å²) in [5, 5.41) is 2.96. The average molecular weight is 307 g/mol. The van der Waals surface area contributed by atoms with Crippen molar-refractivity contribution in [2.45, 2.75) is 52.4 Å². The van der Waals surface area contributed by atoms with Crippen LogP contribution in [0.15, 0.2) is 30.3 Å². The van der Waals surface area contributed by atoms with Crippen LogP contribution in [0.5, 0.6) is 0 Å². The van der Waals surface area contributed by atoms with E-state index in [1.54, 1.807) is 0 Å². The standard InChI is InChI=1S/C17H25NO4/c1-13(10-15(19)22-17(2,3)4)18-11-16(20)21-12-14-8-6-5-7-9-14/h5-9,13,18H,10-12H2,1-4H3. The molecule has 0 amide bonds. The molecule has 5 heteroatoms. The minimum absolute atomic E-state index is 0.0663. The summed E-state index contributed by atoms with van der Waals surface area (Å²) < 4.78 is 10.4. The van der Waals surface area contributed by atoms with Crippen molar-refractivity contribution in [2.75, 3.05) is 6.54 Å². The molecule has 0 aliphatic rings. The lowest BCUT2D eigenvalue weighted by molar-refractivity contribution is -0.155. The van der Waals surface area contributed by atoms with Gasteiger partial charge in [-0.25, -0.2) is 0 Å². The number of nitrogens with one attached hydrogen (secondary N) is 1. The van der Waals surface area contributed by atoms with E-state index in [0.717, 1.165) is 5.56 Å². The van der Waals surface area contributed by atoms with E-state index >= 15 is 0 Å². The molecule has 0 spiro atoms. The van der Waals surface area contributed by atoms with E-state index in [4.69, 9.17) is 9.47 Å². The summed E-state index contributed by atoms with van der Waals surface area (Å²) in [6, 6.07) is 9.33. The second-order valence-electron chi connectivity index (χ2n) is 6.22. The van der Waals surface area contributed by atoms with Gasteiger partial charge in [-0.2, -0.15) is 0 Å². The van der Waals surface area contributed by atoms with Crippen LogP contribution in [0.25, 0.3) is 0 Å². The molecule has 0 saturated heterocycles. The zero-order chi connectivity index (χ0) is 16.6. The molecule has 0 aromatic heterocycles. The van der Waals surface area contributed by atoms with Crippen LogP contribution in [0.4, 0.5) is 0 Å². The number of benzene rings is 1. The molecule has 1 aromatic carbocycles. The normalized spacial score (nSPS) is 12.5. The number of rotatable bonds is 7. The van der Waals surface area contributed by atoms with Crippen LogP contribution in [-0.2, 0) is 25.7 Å². The van der Waals surface area contributed by atoms with Crippen molar-refractivity contribution in [1.29, 1.82) is 0 Å². The first-order chi connectivity index (χ1) is 10.3. The molecule has 0 bridgehead atoms. The molecule has 1 aromatic rings. The number of hydrogen-bond donors (Lipinski definition) is 1. The highest BCUT2D eigenvalue weighted by molar-refractivity contribution is 5.72. The molecule has 1 N–H and O–H groups in total. The minimum Gasteiger partial charge on any atom is -0.460 e. The fourth-order valence-electron chi connectivity index (χ4n) is 1.75. The maximum absolute atomic E-state index is 11.6. The molecule has 1 atom stereocenters. The lowest BCUT2D eigenvalue weighted by Gasteiger charge is -2.21. The summed E-state index contributed by atoms with van der Waals surface area (Å²) in [7, 11) is 0. The Hall–Kier alpha value is -1.88. The number of esters is 2. The van der Waals surface area contributed by atoms with E-state index in [0.29, 0.717) is 0 Å². The molecule has 1 unspecified atom stereocenters. The Balaban J connectivity index is 2.21. The third-order valence-corrected chi connectivity index (χ3v) is 2.73. The van der Waals surface area contributed by atoms with Gasteiger partial charge in [-0.1, -0.05) is 30.3 Å². The van der Waals surface area contributed by atoms with E-state index in [9.17, 15) is 9.59 Å². The fraction of sp³-hybridized carbons (Fsp3) is 0.529. The van der Waals surface area contributed by atoms with Crippen molar-refractivity contribution in [2.24, 2.45) is 0 Å². The first-order valence-electron chi connectivity index (χ1n) is 7.41. The Morgan fingerprint density at radius 2 is 1.77 bits per heavy atom. The first kappa shape index (κ1) is 18.2. The second kappa shape index (κ2) is 8.54. The van der Waals surface area contributed by atoms with Gasteiger partial charge in [0.25, 0.3) is 0 Å². The largest absolute Gasteiger partial charge is 0.460 e. The highest BCUT2D eigenvalue weighted by Crippen LogP contribution is 2.09. The van der Waals surface area contributed by atoms with Gasteiger partial charge in [0.05, 0.1) is 13.0 Å². The second-order valence-corrected chi connectivity index (χ2v) is 6.22. The lowest BCUT2D eigenvalue weighted by Crippen LogP contribution is -2.35. The van der Waals surface area contributed by atoms with Crippen LogP contribution in [0.2, 0.25) is 0 Å². The summed E-state index contributed by atoms with van der Waals surface area (Å²) in [5.41, 5.74) is 0.448. The van der Waals surface area contributed by atoms with Crippen molar-refractivity contribution in [3.63, 3.8) is 0 Å². The van der Waals surface area contributed by atoms with E-state index in [-0.39, 0.29) is 37.6 Å². The number of carbonyl (C=O) groups is 2. The average Bonchev–Trinajstić information content (AvgIpc) is 2.42. The third kappa shape index (κ3) is 8.42. The molecule has 0 radical (unpaired) electrons. The Morgan fingerprint density at radius 3 is 2.36 bits per heavy atom. The quantitative estimate of drug-likeness (QED) is 0.784. The summed E-state index contributed by atoms with van der Waals surface area (Å²) >= 11 is 0. The Bertz CT molecular complexity index is 479. The van der Waals surface area contributed by atoms with E-state index < -0.39 is 5.60 Å². The summed E-state index contributed by atoms with van der Waals surface area (Å²) in [6.45, 7) is 7.62. The van der Waals surface area contributed by atoms with Crippen molar-refractivity contribution in [3.8, 4) is 0 Å². The fourth-order valence-corrected chi connectivity index (χ4v) is 1.75. The zero-order valence-electron chi connectivity index (χ0n) is 13.7. The van der Waals surface area contributed by atoms with Gasteiger partial charge in [0.15, 0.2) is 0 Å². The monoisotopic (exact) mass is 307 g/mol. The summed E-state index contributed by atoms with van der Waals surface area (Å²) in [6.07, 6.45) is 0.212. The van der Waals surface area contributed by atoms with E-state index in [2.05, 4.69) is 5.32 Å². The molecule has 0 aliphatic heterocycles. The predicted octanol–water partition coefficient (Wildman–Crippen LogP) is 2.44.